The first-order valence-corrected chi connectivity index (χ1v) is 9.50. The average Bonchev–Trinajstić information content (AvgIpc) is 2.63. The fraction of sp³-hybridized carbons (Fsp3) is 0.222. The number of esters is 1. The lowest BCUT2D eigenvalue weighted by molar-refractivity contribution is -0.119. The van der Waals surface area contributed by atoms with Crippen LogP contribution in [0.25, 0.3) is 0 Å². The summed E-state index contributed by atoms with van der Waals surface area (Å²) in [5, 5.41) is 2.50. The van der Waals surface area contributed by atoms with Gasteiger partial charge in [-0.15, -0.1) is 0 Å². The molecular formula is C18H21N3O5S. The molecule has 0 saturated heterocycles. The standard InChI is InChI=1S/C18H21N3O5S/c1-11-7-8-13(9-15(11)27(24,25)20-3)21-16(22)10-26-18(23)14-6-4-5-12(2)17(14)19/h4-9,20H,10,19H2,1-3H3,(H,21,22). The van der Waals surface area contributed by atoms with Crippen LogP contribution in [0, 0.1) is 13.8 Å². The first-order valence-electron chi connectivity index (χ1n) is 8.02. The number of carbonyl (C=O) groups is 2. The molecule has 0 heterocycles. The fourth-order valence-corrected chi connectivity index (χ4v) is 3.34. The number of nitrogen functional groups attached to an aromatic ring is 1. The van der Waals surface area contributed by atoms with Crippen molar-refractivity contribution in [2.45, 2.75) is 18.7 Å². The van der Waals surface area contributed by atoms with Gasteiger partial charge in [-0.3, -0.25) is 4.79 Å². The van der Waals surface area contributed by atoms with E-state index >= 15 is 0 Å². The number of hydrogen-bond donors (Lipinski definition) is 3. The zero-order chi connectivity index (χ0) is 20.2. The van der Waals surface area contributed by atoms with E-state index in [2.05, 4.69) is 10.0 Å². The zero-order valence-corrected chi connectivity index (χ0v) is 16.0. The van der Waals surface area contributed by atoms with E-state index < -0.39 is 28.5 Å². The zero-order valence-electron chi connectivity index (χ0n) is 15.2. The maximum Gasteiger partial charge on any atom is 0.340 e. The van der Waals surface area contributed by atoms with Gasteiger partial charge < -0.3 is 15.8 Å². The average molecular weight is 391 g/mol. The molecule has 0 aliphatic carbocycles. The van der Waals surface area contributed by atoms with Crippen molar-refractivity contribution < 1.29 is 22.7 Å². The number of aryl methyl sites for hydroxylation is 2. The molecule has 0 unspecified atom stereocenters. The Balaban J connectivity index is 2.05. The van der Waals surface area contributed by atoms with Gasteiger partial charge in [-0.2, -0.15) is 0 Å². The highest BCUT2D eigenvalue weighted by Crippen LogP contribution is 2.20. The predicted molar refractivity (Wildman–Crippen MR) is 102 cm³/mol. The maximum absolute atomic E-state index is 12.1. The van der Waals surface area contributed by atoms with Gasteiger partial charge in [0.15, 0.2) is 6.61 Å². The summed E-state index contributed by atoms with van der Waals surface area (Å²) in [6.07, 6.45) is 0. The van der Waals surface area contributed by atoms with E-state index in [0.717, 1.165) is 5.56 Å². The number of ether oxygens (including phenoxy) is 1. The summed E-state index contributed by atoms with van der Waals surface area (Å²) in [6, 6.07) is 9.39. The highest BCUT2D eigenvalue weighted by Gasteiger charge is 2.17. The third-order valence-electron chi connectivity index (χ3n) is 3.91. The van der Waals surface area contributed by atoms with Crippen LogP contribution in [0.1, 0.15) is 21.5 Å². The van der Waals surface area contributed by atoms with Crippen LogP contribution in [0.4, 0.5) is 11.4 Å². The summed E-state index contributed by atoms with van der Waals surface area (Å²) in [7, 11) is -2.36. The van der Waals surface area contributed by atoms with Crippen LogP contribution < -0.4 is 15.8 Å². The number of carbonyl (C=O) groups excluding carboxylic acids is 2. The number of nitrogens with one attached hydrogen (secondary N) is 2. The Kier molecular flexibility index (Phi) is 6.19. The molecule has 1 amide bonds. The van der Waals surface area contributed by atoms with Crippen LogP contribution in [0.3, 0.4) is 0 Å². The highest BCUT2D eigenvalue weighted by molar-refractivity contribution is 7.89. The number of benzene rings is 2. The summed E-state index contributed by atoms with van der Waals surface area (Å²) < 4.78 is 31.2. The van der Waals surface area contributed by atoms with Crippen LogP contribution in [-0.2, 0) is 19.6 Å². The molecule has 0 aliphatic heterocycles. The molecule has 4 N–H and O–H groups in total. The first-order chi connectivity index (χ1) is 12.7. The molecule has 0 atom stereocenters. The number of nitrogens with two attached hydrogens (primary N) is 1. The number of rotatable bonds is 6. The van der Waals surface area contributed by atoms with Crippen molar-refractivity contribution in [1.82, 2.24) is 4.72 Å². The number of sulfonamides is 1. The number of amides is 1. The van der Waals surface area contributed by atoms with Gasteiger partial charge in [0.1, 0.15) is 0 Å². The minimum atomic E-state index is -3.66. The molecule has 9 heteroatoms. The van der Waals surface area contributed by atoms with Crippen LogP contribution in [0.15, 0.2) is 41.3 Å². The largest absolute Gasteiger partial charge is 0.452 e. The Hall–Kier alpha value is -2.91. The molecule has 27 heavy (non-hydrogen) atoms. The van der Waals surface area contributed by atoms with E-state index in [0.29, 0.717) is 11.3 Å². The third-order valence-corrected chi connectivity index (χ3v) is 5.46. The van der Waals surface area contributed by atoms with Crippen molar-refractivity contribution >= 4 is 33.3 Å². The molecule has 0 fully saturated rings. The third kappa shape index (κ3) is 4.83. The molecule has 2 aromatic carbocycles. The van der Waals surface area contributed by atoms with Gasteiger partial charge in [0.25, 0.3) is 5.91 Å². The van der Waals surface area contributed by atoms with Crippen molar-refractivity contribution in [1.29, 1.82) is 0 Å². The van der Waals surface area contributed by atoms with Crippen LogP contribution in [-0.4, -0.2) is 33.9 Å². The second-order valence-electron chi connectivity index (χ2n) is 5.85. The van der Waals surface area contributed by atoms with Gasteiger partial charge in [-0.1, -0.05) is 18.2 Å². The molecule has 0 spiro atoms. The van der Waals surface area contributed by atoms with Crippen molar-refractivity contribution in [3.05, 3.63) is 53.1 Å². The first kappa shape index (κ1) is 20.4. The van der Waals surface area contributed by atoms with Crippen molar-refractivity contribution in [2.75, 3.05) is 24.7 Å². The van der Waals surface area contributed by atoms with Gasteiger partial charge in [0, 0.05) is 11.4 Å². The Morgan fingerprint density at radius 3 is 2.48 bits per heavy atom. The smallest absolute Gasteiger partial charge is 0.340 e. The lowest BCUT2D eigenvalue weighted by atomic mass is 10.1. The van der Waals surface area contributed by atoms with Gasteiger partial charge >= 0.3 is 5.97 Å². The summed E-state index contributed by atoms with van der Waals surface area (Å²) in [6.45, 7) is 2.87. The van der Waals surface area contributed by atoms with Gasteiger partial charge in [-0.05, 0) is 50.2 Å². The summed E-state index contributed by atoms with van der Waals surface area (Å²) >= 11 is 0. The maximum atomic E-state index is 12.1. The van der Waals surface area contributed by atoms with Gasteiger partial charge in [0.2, 0.25) is 10.0 Å². The molecular weight excluding hydrogens is 370 g/mol. The Morgan fingerprint density at radius 2 is 1.81 bits per heavy atom. The predicted octanol–water partition coefficient (Wildman–Crippen LogP) is 1.59. The molecule has 0 bridgehead atoms. The molecule has 0 saturated carbocycles. The number of hydrogen-bond acceptors (Lipinski definition) is 6. The lowest BCUT2D eigenvalue weighted by Gasteiger charge is -2.11. The monoisotopic (exact) mass is 391 g/mol. The van der Waals surface area contributed by atoms with E-state index in [1.54, 1.807) is 38.1 Å². The minimum Gasteiger partial charge on any atom is -0.452 e. The fourth-order valence-electron chi connectivity index (χ4n) is 2.34. The summed E-state index contributed by atoms with van der Waals surface area (Å²) in [4.78, 5) is 24.2. The quantitative estimate of drug-likeness (QED) is 0.507. The van der Waals surface area contributed by atoms with Crippen LogP contribution >= 0.6 is 0 Å². The van der Waals surface area contributed by atoms with Crippen molar-refractivity contribution in [2.24, 2.45) is 0 Å². The Labute approximate surface area is 157 Å². The van der Waals surface area contributed by atoms with Crippen molar-refractivity contribution in [3.8, 4) is 0 Å². The van der Waals surface area contributed by atoms with Gasteiger partial charge in [-0.25, -0.2) is 17.9 Å². The molecule has 0 aromatic heterocycles. The van der Waals surface area contributed by atoms with Gasteiger partial charge in [0.05, 0.1) is 10.5 Å². The lowest BCUT2D eigenvalue weighted by Crippen LogP contribution is -2.22. The molecule has 0 aliphatic rings. The second-order valence-corrected chi connectivity index (χ2v) is 7.70. The topological polar surface area (TPSA) is 128 Å². The number of anilines is 2. The molecule has 8 nitrogen and oxygen atoms in total. The van der Waals surface area contributed by atoms with E-state index in [1.165, 1.54) is 19.2 Å². The second kappa shape index (κ2) is 8.19. The molecule has 2 aromatic rings. The minimum absolute atomic E-state index is 0.0485. The normalized spacial score (nSPS) is 11.1. The summed E-state index contributed by atoms with van der Waals surface area (Å²) in [5.74, 6) is -1.32. The molecule has 0 radical (unpaired) electrons. The van der Waals surface area contributed by atoms with E-state index in [9.17, 15) is 18.0 Å². The van der Waals surface area contributed by atoms with Crippen molar-refractivity contribution in [3.63, 3.8) is 0 Å². The van der Waals surface area contributed by atoms with E-state index in [4.69, 9.17) is 10.5 Å². The van der Waals surface area contributed by atoms with Crippen LogP contribution in [0.2, 0.25) is 0 Å². The Bertz CT molecular complexity index is 986. The van der Waals surface area contributed by atoms with E-state index in [-0.39, 0.29) is 16.1 Å². The highest BCUT2D eigenvalue weighted by atomic mass is 32.2. The van der Waals surface area contributed by atoms with E-state index in [1.807, 2.05) is 0 Å². The molecule has 144 valence electrons. The van der Waals surface area contributed by atoms with Crippen LogP contribution in [0.5, 0.6) is 0 Å². The Morgan fingerprint density at radius 1 is 1.11 bits per heavy atom. The summed E-state index contributed by atoms with van der Waals surface area (Å²) in [5.41, 5.74) is 7.84. The molecule has 2 rings (SSSR count). The number of para-hydroxylation sites is 1. The SMILES string of the molecule is CNS(=O)(=O)c1cc(NC(=O)COC(=O)c2cccc(C)c2N)ccc1C.